The highest BCUT2D eigenvalue weighted by atomic mass is 32.2. The number of pyridine rings is 1. The van der Waals surface area contributed by atoms with E-state index in [1.807, 2.05) is 6.92 Å². The molecular weight excluding hydrogens is 298 g/mol. The molecule has 0 saturated heterocycles. The van der Waals surface area contributed by atoms with Gasteiger partial charge in [0.1, 0.15) is 16.5 Å². The first-order valence-corrected chi connectivity index (χ1v) is 8.30. The van der Waals surface area contributed by atoms with E-state index in [1.165, 1.54) is 12.3 Å². The molecule has 0 spiro atoms. The Morgan fingerprint density at radius 3 is 2.70 bits per heavy atom. The molecule has 0 fully saturated rings. The van der Waals surface area contributed by atoms with Crippen LogP contribution < -0.4 is 10.0 Å². The van der Waals surface area contributed by atoms with Gasteiger partial charge in [-0.3, -0.25) is 4.72 Å². The summed E-state index contributed by atoms with van der Waals surface area (Å²) in [5.41, 5.74) is 0. The lowest BCUT2D eigenvalue weighted by molar-refractivity contribution is 0.601. The smallest absolute Gasteiger partial charge is 0.265 e. The molecule has 2 heterocycles. The van der Waals surface area contributed by atoms with Gasteiger partial charge in [0.05, 0.1) is 0 Å². The molecule has 7 nitrogen and oxygen atoms in total. The Kier molecular flexibility index (Phi) is 4.50. The molecule has 0 aliphatic rings. The summed E-state index contributed by atoms with van der Waals surface area (Å²) in [6.45, 7) is 4.53. The fourth-order valence-electron chi connectivity index (χ4n) is 1.41. The maximum absolute atomic E-state index is 12.1. The Hall–Kier alpha value is -1.74. The highest BCUT2D eigenvalue weighted by molar-refractivity contribution is 7.93. The van der Waals surface area contributed by atoms with Crippen LogP contribution in [0.15, 0.2) is 23.2 Å². The van der Waals surface area contributed by atoms with Gasteiger partial charge in [-0.2, -0.15) is 4.37 Å². The van der Waals surface area contributed by atoms with Crippen LogP contribution in [0.4, 0.5) is 10.9 Å². The molecule has 2 rings (SSSR count). The number of rotatable bonds is 6. The Balaban J connectivity index is 2.13. The number of nitrogens with one attached hydrogen (secondary N) is 2. The quantitative estimate of drug-likeness (QED) is 0.845. The minimum Gasteiger partial charge on any atom is -0.370 e. The van der Waals surface area contributed by atoms with Crippen LogP contribution in [0.2, 0.25) is 0 Å². The van der Waals surface area contributed by atoms with Crippen LogP contribution in [0.1, 0.15) is 19.2 Å². The molecule has 0 aromatic carbocycles. The summed E-state index contributed by atoms with van der Waals surface area (Å²) >= 11 is 1.00. The predicted molar refractivity (Wildman–Crippen MR) is 78.5 cm³/mol. The molecular formula is C11H15N5O2S2. The van der Waals surface area contributed by atoms with Crippen LogP contribution in [-0.4, -0.2) is 29.3 Å². The van der Waals surface area contributed by atoms with Crippen LogP contribution in [0.3, 0.4) is 0 Å². The minimum atomic E-state index is -3.67. The highest BCUT2D eigenvalue weighted by Gasteiger charge is 2.16. The lowest BCUT2D eigenvalue weighted by Gasteiger charge is -2.06. The van der Waals surface area contributed by atoms with Crippen molar-refractivity contribution in [3.05, 3.63) is 24.2 Å². The molecule has 2 aromatic heterocycles. The van der Waals surface area contributed by atoms with Crippen molar-refractivity contribution in [2.24, 2.45) is 0 Å². The number of nitrogens with zero attached hydrogens (tertiary/aromatic N) is 3. The Morgan fingerprint density at radius 2 is 2.15 bits per heavy atom. The van der Waals surface area contributed by atoms with Crippen LogP contribution in [0.5, 0.6) is 0 Å². The summed E-state index contributed by atoms with van der Waals surface area (Å²) in [5, 5.41) is 3.33. The lowest BCUT2D eigenvalue weighted by Crippen LogP contribution is -2.13. The SMILES string of the molecule is CCCNc1ccc(S(=O)(=O)Nc2nc(C)ns2)cn1. The molecule has 0 bridgehead atoms. The zero-order valence-corrected chi connectivity index (χ0v) is 12.8. The van der Waals surface area contributed by atoms with Gasteiger partial charge in [-0.1, -0.05) is 6.92 Å². The topological polar surface area (TPSA) is 96.9 Å². The van der Waals surface area contributed by atoms with Crippen molar-refractivity contribution >= 4 is 32.5 Å². The monoisotopic (exact) mass is 313 g/mol. The van der Waals surface area contributed by atoms with Crippen molar-refractivity contribution < 1.29 is 8.42 Å². The third-order valence-corrected chi connectivity index (χ3v) is 4.53. The second-order valence-electron chi connectivity index (χ2n) is 4.06. The summed E-state index contributed by atoms with van der Waals surface area (Å²) < 4.78 is 30.5. The first kappa shape index (κ1) is 14.7. The lowest BCUT2D eigenvalue weighted by atomic mass is 10.4. The maximum atomic E-state index is 12.1. The fraction of sp³-hybridized carbons (Fsp3) is 0.364. The molecule has 20 heavy (non-hydrogen) atoms. The van der Waals surface area contributed by atoms with E-state index in [0.29, 0.717) is 11.6 Å². The zero-order chi connectivity index (χ0) is 14.6. The normalized spacial score (nSPS) is 11.3. The summed E-state index contributed by atoms with van der Waals surface area (Å²) in [4.78, 5) is 8.12. The Labute approximate surface area is 121 Å². The molecule has 0 saturated carbocycles. The van der Waals surface area contributed by atoms with E-state index in [-0.39, 0.29) is 10.0 Å². The molecule has 2 aromatic rings. The standard InChI is InChI=1S/C11H15N5O2S2/c1-3-6-12-10-5-4-9(7-13-10)20(17,18)16-11-14-8(2)15-19-11/h4-5,7H,3,6H2,1-2H3,(H,12,13)(H,14,15,16). The second-order valence-corrected chi connectivity index (χ2v) is 6.49. The van der Waals surface area contributed by atoms with Crippen molar-refractivity contribution in [3.8, 4) is 0 Å². The molecule has 0 atom stereocenters. The van der Waals surface area contributed by atoms with E-state index in [1.54, 1.807) is 13.0 Å². The van der Waals surface area contributed by atoms with Crippen LogP contribution in [0.25, 0.3) is 0 Å². The van der Waals surface area contributed by atoms with Gasteiger partial charge in [-0.05, 0) is 25.5 Å². The molecule has 2 N–H and O–H groups in total. The van der Waals surface area contributed by atoms with E-state index in [4.69, 9.17) is 0 Å². The van der Waals surface area contributed by atoms with Crippen LogP contribution >= 0.6 is 11.5 Å². The first-order chi connectivity index (χ1) is 9.51. The number of sulfonamides is 1. The summed E-state index contributed by atoms with van der Waals surface area (Å²) in [7, 11) is -3.67. The number of aryl methyl sites for hydroxylation is 1. The number of aromatic nitrogens is 3. The molecule has 0 aliphatic carbocycles. The van der Waals surface area contributed by atoms with Crippen LogP contribution in [-0.2, 0) is 10.0 Å². The van der Waals surface area contributed by atoms with Gasteiger partial charge in [0, 0.05) is 24.3 Å². The summed E-state index contributed by atoms with van der Waals surface area (Å²) in [6, 6.07) is 3.14. The van der Waals surface area contributed by atoms with Gasteiger partial charge in [0.15, 0.2) is 0 Å². The minimum absolute atomic E-state index is 0.0902. The fourth-order valence-corrected chi connectivity index (χ4v) is 3.15. The molecule has 0 unspecified atom stereocenters. The Morgan fingerprint density at radius 1 is 1.35 bits per heavy atom. The molecule has 9 heteroatoms. The van der Waals surface area contributed by atoms with Gasteiger partial charge in [0.25, 0.3) is 10.0 Å². The van der Waals surface area contributed by atoms with Crippen molar-refractivity contribution in [1.82, 2.24) is 14.3 Å². The zero-order valence-electron chi connectivity index (χ0n) is 11.1. The molecule has 0 amide bonds. The number of hydrogen-bond acceptors (Lipinski definition) is 7. The molecule has 0 aliphatic heterocycles. The average molecular weight is 313 g/mol. The third kappa shape index (κ3) is 3.64. The van der Waals surface area contributed by atoms with Crippen molar-refractivity contribution in [1.29, 1.82) is 0 Å². The summed E-state index contributed by atoms with van der Waals surface area (Å²) in [5.74, 6) is 1.18. The largest absolute Gasteiger partial charge is 0.370 e. The number of anilines is 2. The van der Waals surface area contributed by atoms with Crippen molar-refractivity contribution in [2.45, 2.75) is 25.2 Å². The van der Waals surface area contributed by atoms with Crippen molar-refractivity contribution in [2.75, 3.05) is 16.6 Å². The average Bonchev–Trinajstić information content (AvgIpc) is 2.81. The van der Waals surface area contributed by atoms with E-state index < -0.39 is 10.0 Å². The molecule has 0 radical (unpaired) electrons. The molecule has 108 valence electrons. The van der Waals surface area contributed by atoms with E-state index in [9.17, 15) is 8.42 Å². The highest BCUT2D eigenvalue weighted by Crippen LogP contribution is 2.17. The van der Waals surface area contributed by atoms with Gasteiger partial charge in [0.2, 0.25) is 5.13 Å². The van der Waals surface area contributed by atoms with E-state index in [2.05, 4.69) is 24.4 Å². The third-order valence-electron chi connectivity index (χ3n) is 2.35. The van der Waals surface area contributed by atoms with E-state index >= 15 is 0 Å². The second kappa shape index (κ2) is 6.14. The van der Waals surface area contributed by atoms with Crippen LogP contribution in [0, 0.1) is 6.92 Å². The van der Waals surface area contributed by atoms with Crippen molar-refractivity contribution in [3.63, 3.8) is 0 Å². The van der Waals surface area contributed by atoms with Gasteiger partial charge < -0.3 is 5.32 Å². The maximum Gasteiger partial charge on any atom is 0.265 e. The van der Waals surface area contributed by atoms with Gasteiger partial charge in [-0.25, -0.2) is 18.4 Å². The van der Waals surface area contributed by atoms with Gasteiger partial charge in [-0.15, -0.1) is 0 Å². The predicted octanol–water partition coefficient (Wildman–Crippen LogP) is 1.86. The van der Waals surface area contributed by atoms with Gasteiger partial charge >= 0.3 is 0 Å². The first-order valence-electron chi connectivity index (χ1n) is 6.04. The number of hydrogen-bond donors (Lipinski definition) is 2. The summed E-state index contributed by atoms with van der Waals surface area (Å²) in [6.07, 6.45) is 2.29. The Bertz CT molecular complexity index is 666. The van der Waals surface area contributed by atoms with E-state index in [0.717, 1.165) is 24.5 Å².